The number of benzene rings is 1. The third-order valence-electron chi connectivity index (χ3n) is 3.40. The summed E-state index contributed by atoms with van der Waals surface area (Å²) in [5.41, 5.74) is 2.24. The molecule has 1 saturated heterocycles. The molecule has 3 rings (SSSR count). The molecule has 0 amide bonds. The van der Waals surface area contributed by atoms with Gasteiger partial charge in [0.1, 0.15) is 10.8 Å². The average Bonchev–Trinajstić information content (AvgIpc) is 2.54. The van der Waals surface area contributed by atoms with E-state index in [2.05, 4.69) is 26.9 Å². The summed E-state index contributed by atoms with van der Waals surface area (Å²) in [5, 5.41) is 0.759. The summed E-state index contributed by atoms with van der Waals surface area (Å²) in [5.74, 6) is 1.21. The van der Waals surface area contributed by atoms with Gasteiger partial charge < -0.3 is 4.90 Å². The van der Waals surface area contributed by atoms with Crippen LogP contribution in [0.3, 0.4) is 0 Å². The second-order valence-corrected chi connectivity index (χ2v) is 5.87. The molecule has 2 heterocycles. The van der Waals surface area contributed by atoms with Crippen LogP contribution in [0.15, 0.2) is 23.2 Å². The van der Waals surface area contributed by atoms with Crippen molar-refractivity contribution in [1.82, 2.24) is 4.90 Å². The average molecular weight is 314 g/mol. The molecular weight excluding hydrogens is 300 g/mol. The van der Waals surface area contributed by atoms with Crippen LogP contribution in [-0.4, -0.2) is 17.3 Å². The highest BCUT2D eigenvalue weighted by Gasteiger charge is 2.28. The lowest BCUT2D eigenvalue weighted by atomic mass is 10.1. The minimum atomic E-state index is 0.250. The molecule has 0 saturated carbocycles. The van der Waals surface area contributed by atoms with Crippen molar-refractivity contribution in [2.24, 2.45) is 4.99 Å². The molecule has 0 N–H and O–H groups in total. The maximum absolute atomic E-state index is 6.03. The highest BCUT2D eigenvalue weighted by Crippen LogP contribution is 2.41. The van der Waals surface area contributed by atoms with Gasteiger partial charge in [-0.05, 0) is 25.0 Å². The van der Waals surface area contributed by atoms with Gasteiger partial charge in [-0.1, -0.05) is 40.0 Å². The number of hydrogen-bond acceptors (Lipinski definition) is 2. The van der Waals surface area contributed by atoms with E-state index in [0.717, 1.165) is 23.7 Å². The number of aliphatic imine (C=N–C) groups is 1. The second-order valence-electron chi connectivity index (χ2n) is 4.57. The fourth-order valence-electron chi connectivity index (χ4n) is 2.50. The Morgan fingerprint density at radius 3 is 3.06 bits per heavy atom. The number of alkyl halides is 1. The molecule has 0 aliphatic carbocycles. The molecule has 0 spiro atoms. The Labute approximate surface area is 115 Å². The lowest BCUT2D eigenvalue weighted by Gasteiger charge is -2.34. The molecule has 0 radical (unpaired) electrons. The minimum absolute atomic E-state index is 0.250. The number of hydrogen-bond donors (Lipinski definition) is 0. The predicted molar refractivity (Wildman–Crippen MR) is 75.4 cm³/mol. The van der Waals surface area contributed by atoms with Crippen molar-refractivity contribution >= 4 is 39.1 Å². The second kappa shape index (κ2) is 4.62. The minimum Gasteiger partial charge on any atom is -0.343 e. The van der Waals surface area contributed by atoms with E-state index in [1.165, 1.54) is 30.7 Å². The molecule has 2 aliphatic heterocycles. The van der Waals surface area contributed by atoms with Crippen LogP contribution < -0.4 is 0 Å². The molecule has 2 aliphatic rings. The summed E-state index contributed by atoms with van der Waals surface area (Å²) in [6, 6.07) is 5.97. The van der Waals surface area contributed by atoms with E-state index in [1.807, 2.05) is 12.1 Å². The normalized spacial score (nSPS) is 23.5. The van der Waals surface area contributed by atoms with E-state index in [1.54, 1.807) is 0 Å². The number of amidine groups is 1. The van der Waals surface area contributed by atoms with Crippen LogP contribution in [0.25, 0.3) is 0 Å². The Morgan fingerprint density at radius 1 is 1.29 bits per heavy atom. The fraction of sp³-hybridized carbons (Fsp3) is 0.462. The van der Waals surface area contributed by atoms with Crippen molar-refractivity contribution in [3.63, 3.8) is 0 Å². The first-order valence-electron chi connectivity index (χ1n) is 6.03. The number of nitrogens with zero attached hydrogens (tertiary/aromatic N) is 2. The summed E-state index contributed by atoms with van der Waals surface area (Å²) in [6.07, 6.45) is 4.87. The Kier molecular flexibility index (Phi) is 3.14. The van der Waals surface area contributed by atoms with Crippen LogP contribution >= 0.6 is 27.5 Å². The van der Waals surface area contributed by atoms with E-state index in [9.17, 15) is 0 Å². The molecule has 4 heteroatoms. The zero-order chi connectivity index (χ0) is 11.8. The molecule has 2 nitrogen and oxygen atoms in total. The van der Waals surface area contributed by atoms with Crippen molar-refractivity contribution in [3.05, 3.63) is 28.8 Å². The maximum Gasteiger partial charge on any atom is 0.113 e. The van der Waals surface area contributed by atoms with E-state index < -0.39 is 0 Å². The summed E-state index contributed by atoms with van der Waals surface area (Å²) in [7, 11) is 0. The molecule has 17 heavy (non-hydrogen) atoms. The van der Waals surface area contributed by atoms with Crippen LogP contribution in [0.2, 0.25) is 5.02 Å². The van der Waals surface area contributed by atoms with Crippen molar-refractivity contribution in [3.8, 4) is 0 Å². The van der Waals surface area contributed by atoms with Gasteiger partial charge in [-0.3, -0.25) is 0 Å². The summed E-state index contributed by atoms with van der Waals surface area (Å²) in [4.78, 5) is 7.40. The lowest BCUT2D eigenvalue weighted by Crippen LogP contribution is -2.34. The van der Waals surface area contributed by atoms with Crippen LogP contribution in [0.5, 0.6) is 0 Å². The largest absolute Gasteiger partial charge is 0.343 e. The van der Waals surface area contributed by atoms with Crippen molar-refractivity contribution in [1.29, 1.82) is 0 Å². The smallest absolute Gasteiger partial charge is 0.113 e. The third-order valence-corrected chi connectivity index (χ3v) is 4.63. The Hall–Kier alpha value is -0.540. The van der Waals surface area contributed by atoms with Crippen LogP contribution in [-0.2, 0) is 0 Å². The summed E-state index contributed by atoms with van der Waals surface area (Å²) in [6.45, 7) is 1.09. The third kappa shape index (κ3) is 2.11. The number of fused-ring (bicyclic) bond motifs is 2. The van der Waals surface area contributed by atoms with Crippen LogP contribution in [0.1, 0.15) is 36.2 Å². The molecular formula is C13H14BrClN2. The first-order chi connectivity index (χ1) is 8.25. The zero-order valence-corrected chi connectivity index (χ0v) is 11.8. The van der Waals surface area contributed by atoms with Gasteiger partial charge in [0.05, 0.1) is 5.69 Å². The van der Waals surface area contributed by atoms with Gasteiger partial charge in [-0.2, -0.15) is 0 Å². The van der Waals surface area contributed by atoms with Crippen molar-refractivity contribution < 1.29 is 0 Å². The van der Waals surface area contributed by atoms with Gasteiger partial charge in [0.25, 0.3) is 0 Å². The topological polar surface area (TPSA) is 15.6 Å². The summed E-state index contributed by atoms with van der Waals surface area (Å²) < 4.78 is 0. The Balaban J connectivity index is 2.06. The molecule has 1 aromatic carbocycles. The van der Waals surface area contributed by atoms with Crippen molar-refractivity contribution in [2.75, 3.05) is 6.54 Å². The molecule has 1 aromatic rings. The highest BCUT2D eigenvalue weighted by molar-refractivity contribution is 9.09. The first-order valence-corrected chi connectivity index (χ1v) is 7.33. The van der Waals surface area contributed by atoms with Gasteiger partial charge in [0, 0.05) is 23.6 Å². The highest BCUT2D eigenvalue weighted by atomic mass is 79.9. The van der Waals surface area contributed by atoms with Gasteiger partial charge in [0.15, 0.2) is 0 Å². The molecule has 1 unspecified atom stereocenters. The van der Waals surface area contributed by atoms with Gasteiger partial charge >= 0.3 is 0 Å². The van der Waals surface area contributed by atoms with Gasteiger partial charge in [-0.15, -0.1) is 0 Å². The quantitative estimate of drug-likeness (QED) is 0.503. The molecule has 1 atom stereocenters. The standard InChI is InChI=1S/C13H14BrClN2/c14-13-10-6-5-9(15)8-11(10)16-12-4-2-1-3-7-17(12)13/h5-6,8,13H,1-4,7H2. The molecule has 1 fully saturated rings. The van der Waals surface area contributed by atoms with Crippen LogP contribution in [0, 0.1) is 0 Å². The zero-order valence-electron chi connectivity index (χ0n) is 9.50. The van der Waals surface area contributed by atoms with Gasteiger partial charge in [0.2, 0.25) is 0 Å². The monoisotopic (exact) mass is 312 g/mol. The molecule has 90 valence electrons. The van der Waals surface area contributed by atoms with E-state index in [4.69, 9.17) is 16.6 Å². The van der Waals surface area contributed by atoms with Gasteiger partial charge in [-0.25, -0.2) is 4.99 Å². The van der Waals surface area contributed by atoms with E-state index in [0.29, 0.717) is 0 Å². The van der Waals surface area contributed by atoms with E-state index >= 15 is 0 Å². The van der Waals surface area contributed by atoms with E-state index in [-0.39, 0.29) is 4.95 Å². The first kappa shape index (κ1) is 11.5. The fourth-order valence-corrected chi connectivity index (χ4v) is 3.50. The summed E-state index contributed by atoms with van der Waals surface area (Å²) >= 11 is 9.82. The Bertz CT molecular complexity index is 472. The predicted octanol–water partition coefficient (Wildman–Crippen LogP) is 4.65. The van der Waals surface area contributed by atoms with Crippen LogP contribution in [0.4, 0.5) is 5.69 Å². The maximum atomic E-state index is 6.03. The SMILES string of the molecule is Clc1ccc2c(c1)N=C1CCCCCN1C2Br. The molecule has 0 aromatic heterocycles. The van der Waals surface area contributed by atoms with Crippen molar-refractivity contribution in [2.45, 2.75) is 30.6 Å². The molecule has 0 bridgehead atoms. The number of rotatable bonds is 0. The lowest BCUT2D eigenvalue weighted by molar-refractivity contribution is 0.399. The Morgan fingerprint density at radius 2 is 2.18 bits per heavy atom. The number of halogens is 2.